The van der Waals surface area contributed by atoms with Crippen LogP contribution in [0.1, 0.15) is 10.4 Å². The number of fused-ring (bicyclic) bond motifs is 1. The van der Waals surface area contributed by atoms with E-state index in [0.717, 1.165) is 14.5 Å². The highest BCUT2D eigenvalue weighted by Crippen LogP contribution is 2.31. The minimum absolute atomic E-state index is 0.0569. The molecule has 0 saturated carbocycles. The molecular weight excluding hydrogens is 386 g/mol. The van der Waals surface area contributed by atoms with Crippen molar-refractivity contribution in [1.29, 1.82) is 0 Å². The van der Waals surface area contributed by atoms with Gasteiger partial charge in [-0.1, -0.05) is 23.5 Å². The zero-order valence-corrected chi connectivity index (χ0v) is 17.0. The maximum Gasteiger partial charge on any atom is 0.259 e. The van der Waals surface area contributed by atoms with Crippen molar-refractivity contribution in [2.45, 2.75) is 4.90 Å². The van der Waals surface area contributed by atoms with Crippen LogP contribution < -0.4 is 9.64 Å². The Balaban J connectivity index is 2.01. The topological polar surface area (TPSA) is 79.8 Å². The van der Waals surface area contributed by atoms with E-state index in [2.05, 4.69) is 4.98 Å². The van der Waals surface area contributed by atoms with Gasteiger partial charge in [0.15, 0.2) is 5.13 Å². The van der Waals surface area contributed by atoms with Crippen molar-refractivity contribution in [3.63, 3.8) is 0 Å². The van der Waals surface area contributed by atoms with Crippen LogP contribution in [-0.4, -0.2) is 51.9 Å². The Kier molecular flexibility index (Phi) is 5.18. The number of hydrogen-bond donors (Lipinski definition) is 0. The number of nitrogens with zero attached hydrogens (tertiary/aromatic N) is 3. The van der Waals surface area contributed by atoms with Crippen molar-refractivity contribution >= 4 is 42.6 Å². The van der Waals surface area contributed by atoms with Gasteiger partial charge in [-0.25, -0.2) is 17.7 Å². The van der Waals surface area contributed by atoms with E-state index in [0.29, 0.717) is 5.13 Å². The van der Waals surface area contributed by atoms with Gasteiger partial charge in [0.25, 0.3) is 5.91 Å². The number of carbonyl (C=O) groups excluding carboxylic acids is 1. The summed E-state index contributed by atoms with van der Waals surface area (Å²) in [6.07, 6.45) is 0. The molecule has 142 valence electrons. The van der Waals surface area contributed by atoms with Crippen LogP contribution in [0.3, 0.4) is 0 Å². The van der Waals surface area contributed by atoms with Crippen LogP contribution in [0.2, 0.25) is 0 Å². The van der Waals surface area contributed by atoms with Gasteiger partial charge in [-0.15, -0.1) is 0 Å². The van der Waals surface area contributed by atoms with E-state index in [1.54, 1.807) is 13.1 Å². The van der Waals surface area contributed by atoms with Crippen molar-refractivity contribution < 1.29 is 17.9 Å². The molecule has 1 aromatic heterocycles. The molecule has 9 heteroatoms. The molecular formula is C18H19N3O4S2. The number of benzene rings is 2. The van der Waals surface area contributed by atoms with Crippen molar-refractivity contribution in [2.24, 2.45) is 0 Å². The van der Waals surface area contributed by atoms with E-state index >= 15 is 0 Å². The van der Waals surface area contributed by atoms with Gasteiger partial charge in [-0.2, -0.15) is 0 Å². The van der Waals surface area contributed by atoms with Gasteiger partial charge in [-0.3, -0.25) is 9.69 Å². The zero-order chi connectivity index (χ0) is 19.8. The molecule has 0 spiro atoms. The number of anilines is 1. The molecule has 1 heterocycles. The molecule has 7 nitrogen and oxygen atoms in total. The van der Waals surface area contributed by atoms with Crippen LogP contribution in [0.25, 0.3) is 10.2 Å². The molecule has 0 unspecified atom stereocenters. The molecule has 0 aliphatic heterocycles. The Labute approximate surface area is 161 Å². The molecule has 0 atom stereocenters. The predicted molar refractivity (Wildman–Crippen MR) is 106 cm³/mol. The number of carbonyl (C=O) groups is 1. The lowest BCUT2D eigenvalue weighted by atomic mass is 10.2. The molecule has 2 aromatic carbocycles. The summed E-state index contributed by atoms with van der Waals surface area (Å²) < 4.78 is 32.3. The lowest BCUT2D eigenvalue weighted by molar-refractivity contribution is 0.0992. The number of methoxy groups -OCH3 is 1. The monoisotopic (exact) mass is 405 g/mol. The number of rotatable bonds is 5. The predicted octanol–water partition coefficient (Wildman–Crippen LogP) is 2.83. The van der Waals surface area contributed by atoms with E-state index < -0.39 is 10.0 Å². The lowest BCUT2D eigenvalue weighted by Gasteiger charge is -2.17. The second-order valence-electron chi connectivity index (χ2n) is 5.98. The minimum Gasteiger partial charge on any atom is -0.495 e. The van der Waals surface area contributed by atoms with E-state index in [-0.39, 0.29) is 22.1 Å². The summed E-state index contributed by atoms with van der Waals surface area (Å²) in [7, 11) is 2.10. The first-order valence-corrected chi connectivity index (χ1v) is 10.3. The Bertz CT molecular complexity index is 1070. The van der Waals surface area contributed by atoms with Crippen molar-refractivity contribution in [2.75, 3.05) is 33.2 Å². The van der Waals surface area contributed by atoms with Crippen LogP contribution in [0.5, 0.6) is 5.75 Å². The average Bonchev–Trinajstić information content (AvgIpc) is 3.10. The standard InChI is InChI=1S/C18H19N3O4S2/c1-20(2)27(23,24)16-11-12(9-10-14(16)25-4)17(22)21(3)18-19-13-7-5-6-8-15(13)26-18/h5-11H,1-4H3. The number of sulfonamides is 1. The summed E-state index contributed by atoms with van der Waals surface area (Å²) in [6, 6.07) is 12.0. The van der Waals surface area contributed by atoms with Crippen molar-refractivity contribution in [3.8, 4) is 5.75 Å². The summed E-state index contributed by atoms with van der Waals surface area (Å²) in [5.74, 6) is -0.171. The van der Waals surface area contributed by atoms with Crippen LogP contribution in [0.15, 0.2) is 47.4 Å². The fourth-order valence-electron chi connectivity index (χ4n) is 2.49. The second-order valence-corrected chi connectivity index (χ2v) is 9.11. The van der Waals surface area contributed by atoms with Gasteiger partial charge in [-0.05, 0) is 30.3 Å². The number of aromatic nitrogens is 1. The van der Waals surface area contributed by atoms with Crippen LogP contribution in [-0.2, 0) is 10.0 Å². The number of hydrogen-bond acceptors (Lipinski definition) is 6. The fourth-order valence-corrected chi connectivity index (χ4v) is 4.49. The Morgan fingerprint density at radius 1 is 1.11 bits per heavy atom. The average molecular weight is 406 g/mol. The van der Waals surface area contributed by atoms with Crippen molar-refractivity contribution in [3.05, 3.63) is 48.0 Å². The third-order valence-corrected chi connectivity index (χ3v) is 6.99. The van der Waals surface area contributed by atoms with Gasteiger partial charge in [0.2, 0.25) is 10.0 Å². The largest absolute Gasteiger partial charge is 0.495 e. The third kappa shape index (κ3) is 3.53. The quantitative estimate of drug-likeness (QED) is 0.652. The molecule has 3 rings (SSSR count). The van der Waals surface area contributed by atoms with Crippen LogP contribution in [0, 0.1) is 0 Å². The molecule has 1 amide bonds. The molecule has 0 saturated heterocycles. The van der Waals surface area contributed by atoms with E-state index in [4.69, 9.17) is 4.74 Å². The van der Waals surface area contributed by atoms with Gasteiger partial charge >= 0.3 is 0 Å². The third-order valence-electron chi connectivity index (χ3n) is 4.04. The lowest BCUT2D eigenvalue weighted by Crippen LogP contribution is -2.27. The van der Waals surface area contributed by atoms with E-state index in [1.165, 1.54) is 49.6 Å². The maximum atomic E-state index is 12.9. The molecule has 27 heavy (non-hydrogen) atoms. The molecule has 0 aliphatic carbocycles. The molecule has 0 radical (unpaired) electrons. The van der Waals surface area contributed by atoms with E-state index in [1.807, 2.05) is 24.3 Å². The molecule has 0 N–H and O–H groups in total. The Morgan fingerprint density at radius 3 is 2.44 bits per heavy atom. The summed E-state index contributed by atoms with van der Waals surface area (Å²) in [6.45, 7) is 0. The van der Waals surface area contributed by atoms with Gasteiger partial charge in [0, 0.05) is 26.7 Å². The summed E-state index contributed by atoms with van der Waals surface area (Å²) in [4.78, 5) is 18.7. The van der Waals surface area contributed by atoms with Crippen LogP contribution in [0.4, 0.5) is 5.13 Å². The second kappa shape index (κ2) is 7.26. The summed E-state index contributed by atoms with van der Waals surface area (Å²) >= 11 is 1.39. The highest BCUT2D eigenvalue weighted by Gasteiger charge is 2.25. The van der Waals surface area contributed by atoms with Crippen molar-refractivity contribution in [1.82, 2.24) is 9.29 Å². The minimum atomic E-state index is -3.76. The Hall–Kier alpha value is -2.49. The van der Waals surface area contributed by atoms with Gasteiger partial charge < -0.3 is 4.74 Å². The summed E-state index contributed by atoms with van der Waals surface area (Å²) in [5, 5.41) is 0.536. The fraction of sp³-hybridized carbons (Fsp3) is 0.222. The molecule has 0 aliphatic rings. The number of ether oxygens (including phenoxy) is 1. The number of amides is 1. The first kappa shape index (κ1) is 19.3. The van der Waals surface area contributed by atoms with Gasteiger partial charge in [0.1, 0.15) is 10.6 Å². The highest BCUT2D eigenvalue weighted by molar-refractivity contribution is 7.89. The summed E-state index contributed by atoms with van der Waals surface area (Å²) in [5.41, 5.74) is 1.04. The molecule has 0 fully saturated rings. The first-order chi connectivity index (χ1) is 12.8. The molecule has 0 bridgehead atoms. The number of para-hydroxylation sites is 1. The zero-order valence-electron chi connectivity index (χ0n) is 15.3. The molecule has 3 aromatic rings. The Morgan fingerprint density at radius 2 is 1.81 bits per heavy atom. The van der Waals surface area contributed by atoms with Crippen LogP contribution >= 0.6 is 11.3 Å². The van der Waals surface area contributed by atoms with E-state index in [9.17, 15) is 13.2 Å². The van der Waals surface area contributed by atoms with Gasteiger partial charge in [0.05, 0.1) is 17.3 Å². The normalized spacial score (nSPS) is 11.7. The smallest absolute Gasteiger partial charge is 0.259 e. The highest BCUT2D eigenvalue weighted by atomic mass is 32.2. The maximum absolute atomic E-state index is 12.9. The first-order valence-electron chi connectivity index (χ1n) is 8.00. The SMILES string of the molecule is COc1ccc(C(=O)N(C)c2nc3ccccc3s2)cc1S(=O)(=O)N(C)C. The number of thiazole rings is 1.